The first-order valence-electron chi connectivity index (χ1n) is 5.91. The van der Waals surface area contributed by atoms with Crippen LogP contribution in [0.1, 0.15) is 25.0 Å². The summed E-state index contributed by atoms with van der Waals surface area (Å²) >= 11 is 0. The van der Waals surface area contributed by atoms with Crippen molar-refractivity contribution in [1.82, 2.24) is 5.32 Å². The molecular weight excluding hydrogens is 257 g/mol. The largest absolute Gasteiger partial charge is 0.416 e. The first-order valence-corrected chi connectivity index (χ1v) is 5.91. The number of carbonyl (C=O) groups excluding carboxylic acids is 1. The summed E-state index contributed by atoms with van der Waals surface area (Å²) < 4.78 is 37.5. The van der Waals surface area contributed by atoms with Crippen LogP contribution in [-0.4, -0.2) is 11.9 Å². The van der Waals surface area contributed by atoms with Gasteiger partial charge in [-0.3, -0.25) is 4.79 Å². The van der Waals surface area contributed by atoms with Gasteiger partial charge in [0.15, 0.2) is 0 Å². The zero-order valence-electron chi connectivity index (χ0n) is 10.8. The molecule has 6 heteroatoms. The van der Waals surface area contributed by atoms with E-state index in [1.165, 1.54) is 12.1 Å². The Morgan fingerprint density at radius 1 is 1.37 bits per heavy atom. The van der Waals surface area contributed by atoms with Crippen LogP contribution in [0.25, 0.3) is 0 Å². The quantitative estimate of drug-likeness (QED) is 0.885. The normalized spacial score (nSPS) is 13.4. The average Bonchev–Trinajstić information content (AvgIpc) is 2.34. The number of nitrogens with one attached hydrogen (secondary N) is 1. The summed E-state index contributed by atoms with van der Waals surface area (Å²) in [5, 5.41) is 2.53. The Morgan fingerprint density at radius 3 is 2.53 bits per heavy atom. The molecule has 1 rings (SSSR count). The Balaban J connectivity index is 2.66. The van der Waals surface area contributed by atoms with Crippen molar-refractivity contribution in [3.8, 4) is 0 Å². The molecule has 1 aromatic carbocycles. The van der Waals surface area contributed by atoms with Crippen LogP contribution in [0.2, 0.25) is 0 Å². The maximum atomic E-state index is 12.5. The van der Waals surface area contributed by atoms with Gasteiger partial charge in [0.25, 0.3) is 0 Å². The van der Waals surface area contributed by atoms with Crippen molar-refractivity contribution in [3.63, 3.8) is 0 Å². The number of hydrogen-bond donors (Lipinski definition) is 2. The van der Waals surface area contributed by atoms with E-state index < -0.39 is 17.8 Å². The summed E-state index contributed by atoms with van der Waals surface area (Å²) in [4.78, 5) is 11.6. The van der Waals surface area contributed by atoms with Crippen molar-refractivity contribution in [2.45, 2.75) is 32.6 Å². The van der Waals surface area contributed by atoms with E-state index in [0.717, 1.165) is 12.1 Å². The molecule has 0 aliphatic heterocycles. The van der Waals surface area contributed by atoms with Crippen LogP contribution in [0.3, 0.4) is 0 Å². The fourth-order valence-corrected chi connectivity index (χ4v) is 1.47. The van der Waals surface area contributed by atoms with Gasteiger partial charge in [0.2, 0.25) is 5.91 Å². The molecule has 0 aliphatic carbocycles. The fourth-order valence-electron chi connectivity index (χ4n) is 1.47. The van der Waals surface area contributed by atoms with Crippen LogP contribution >= 0.6 is 0 Å². The third-order valence-electron chi connectivity index (χ3n) is 2.74. The molecular formula is C13H17F3N2O. The topological polar surface area (TPSA) is 55.1 Å². The second kappa shape index (κ2) is 6.06. The highest BCUT2D eigenvalue weighted by atomic mass is 19.4. The molecule has 1 amide bonds. The van der Waals surface area contributed by atoms with Crippen LogP contribution in [-0.2, 0) is 17.5 Å². The zero-order chi connectivity index (χ0) is 14.6. The van der Waals surface area contributed by atoms with Crippen molar-refractivity contribution in [2.24, 2.45) is 11.7 Å². The minimum absolute atomic E-state index is 0.0264. The molecule has 0 fully saturated rings. The third kappa shape index (κ3) is 4.55. The van der Waals surface area contributed by atoms with E-state index in [1.807, 2.05) is 0 Å². The molecule has 3 N–H and O–H groups in total. The van der Waals surface area contributed by atoms with Gasteiger partial charge in [0.05, 0.1) is 11.6 Å². The Kier molecular flexibility index (Phi) is 4.94. The number of carbonyl (C=O) groups is 1. The van der Waals surface area contributed by atoms with E-state index >= 15 is 0 Å². The molecule has 19 heavy (non-hydrogen) atoms. The van der Waals surface area contributed by atoms with Gasteiger partial charge in [-0.15, -0.1) is 0 Å². The Morgan fingerprint density at radius 2 is 2.00 bits per heavy atom. The van der Waals surface area contributed by atoms with Gasteiger partial charge in [0.1, 0.15) is 0 Å². The minimum Gasteiger partial charge on any atom is -0.351 e. The Hall–Kier alpha value is -1.56. The molecule has 0 heterocycles. The molecule has 1 atom stereocenters. The second-order valence-corrected chi connectivity index (χ2v) is 4.69. The monoisotopic (exact) mass is 274 g/mol. The van der Waals surface area contributed by atoms with Gasteiger partial charge in [-0.1, -0.05) is 26.0 Å². The van der Waals surface area contributed by atoms with Crippen molar-refractivity contribution >= 4 is 5.91 Å². The smallest absolute Gasteiger partial charge is 0.351 e. The van der Waals surface area contributed by atoms with Gasteiger partial charge in [-0.2, -0.15) is 13.2 Å². The summed E-state index contributed by atoms with van der Waals surface area (Å²) in [7, 11) is 0. The number of hydrogen-bond acceptors (Lipinski definition) is 2. The number of rotatable bonds is 4. The summed E-state index contributed by atoms with van der Waals surface area (Å²) in [5.41, 5.74) is 5.29. The molecule has 0 unspecified atom stereocenters. The lowest BCUT2D eigenvalue weighted by molar-refractivity contribution is -0.137. The minimum atomic E-state index is -4.38. The van der Waals surface area contributed by atoms with Crippen molar-refractivity contribution in [1.29, 1.82) is 0 Å². The lowest BCUT2D eigenvalue weighted by Crippen LogP contribution is -2.43. The van der Waals surface area contributed by atoms with E-state index in [2.05, 4.69) is 5.32 Å². The van der Waals surface area contributed by atoms with Crippen molar-refractivity contribution in [3.05, 3.63) is 35.4 Å². The zero-order valence-corrected chi connectivity index (χ0v) is 10.8. The first-order chi connectivity index (χ1) is 8.71. The van der Waals surface area contributed by atoms with E-state index in [4.69, 9.17) is 5.73 Å². The molecule has 0 aliphatic rings. The number of nitrogens with two attached hydrogens (primary N) is 1. The van der Waals surface area contributed by atoms with Gasteiger partial charge in [-0.25, -0.2) is 0 Å². The van der Waals surface area contributed by atoms with Gasteiger partial charge < -0.3 is 11.1 Å². The maximum Gasteiger partial charge on any atom is 0.416 e. The highest BCUT2D eigenvalue weighted by molar-refractivity contribution is 5.81. The number of alkyl halides is 3. The molecule has 0 saturated carbocycles. The summed E-state index contributed by atoms with van der Waals surface area (Å²) in [6.45, 7) is 3.63. The fraction of sp³-hybridized carbons (Fsp3) is 0.462. The number of halogens is 3. The molecule has 0 bridgehead atoms. The Bertz CT molecular complexity index is 444. The first kappa shape index (κ1) is 15.5. The van der Waals surface area contributed by atoms with E-state index in [1.54, 1.807) is 13.8 Å². The number of benzene rings is 1. The Labute approximate surface area is 110 Å². The standard InChI is InChI=1S/C13H17F3N2O/c1-8(2)11(17)12(19)18-7-9-4-3-5-10(6-9)13(14,15)16/h3-6,8,11H,7,17H2,1-2H3,(H,18,19)/t11-/m0/s1. The molecule has 3 nitrogen and oxygen atoms in total. The van der Waals surface area contributed by atoms with E-state index in [0.29, 0.717) is 5.56 Å². The average molecular weight is 274 g/mol. The molecule has 0 radical (unpaired) electrons. The molecule has 0 aromatic heterocycles. The van der Waals surface area contributed by atoms with Crippen molar-refractivity contribution < 1.29 is 18.0 Å². The second-order valence-electron chi connectivity index (χ2n) is 4.69. The lowest BCUT2D eigenvalue weighted by atomic mass is 10.0. The van der Waals surface area contributed by atoms with Crippen LogP contribution in [0.15, 0.2) is 24.3 Å². The van der Waals surface area contributed by atoms with Crippen LogP contribution in [0.5, 0.6) is 0 Å². The predicted octanol–water partition coefficient (Wildman–Crippen LogP) is 2.30. The highest BCUT2D eigenvalue weighted by Gasteiger charge is 2.30. The third-order valence-corrected chi connectivity index (χ3v) is 2.74. The van der Waals surface area contributed by atoms with Gasteiger partial charge >= 0.3 is 6.18 Å². The van der Waals surface area contributed by atoms with E-state index in [9.17, 15) is 18.0 Å². The molecule has 0 saturated heterocycles. The van der Waals surface area contributed by atoms with Crippen LogP contribution < -0.4 is 11.1 Å². The maximum absolute atomic E-state index is 12.5. The van der Waals surface area contributed by atoms with Gasteiger partial charge in [-0.05, 0) is 23.6 Å². The van der Waals surface area contributed by atoms with Gasteiger partial charge in [0, 0.05) is 6.54 Å². The van der Waals surface area contributed by atoms with E-state index in [-0.39, 0.29) is 18.4 Å². The summed E-state index contributed by atoms with van der Waals surface area (Å²) in [6.07, 6.45) is -4.38. The molecule has 0 spiro atoms. The lowest BCUT2D eigenvalue weighted by Gasteiger charge is -2.15. The summed E-state index contributed by atoms with van der Waals surface area (Å²) in [5.74, 6) is -0.395. The SMILES string of the molecule is CC(C)[C@H](N)C(=O)NCc1cccc(C(F)(F)F)c1. The van der Waals surface area contributed by atoms with Crippen LogP contribution in [0.4, 0.5) is 13.2 Å². The van der Waals surface area contributed by atoms with Crippen LogP contribution in [0, 0.1) is 5.92 Å². The number of amides is 1. The van der Waals surface area contributed by atoms with Crippen molar-refractivity contribution in [2.75, 3.05) is 0 Å². The summed E-state index contributed by atoms with van der Waals surface area (Å²) in [6, 6.07) is 4.18. The highest BCUT2D eigenvalue weighted by Crippen LogP contribution is 2.29. The molecule has 106 valence electrons. The predicted molar refractivity (Wildman–Crippen MR) is 66.1 cm³/mol. The molecule has 1 aromatic rings.